The first kappa shape index (κ1) is 38.7. The first-order valence-corrected chi connectivity index (χ1v) is 19.0. The molecule has 1 fully saturated rings. The van der Waals surface area contributed by atoms with Crippen molar-refractivity contribution >= 4 is 56.7 Å². The number of nitrogens with zero attached hydrogens (tertiary/aromatic N) is 3. The van der Waals surface area contributed by atoms with E-state index in [0.29, 0.717) is 15.3 Å². The molecule has 0 unspecified atom stereocenters. The number of pyridine rings is 2. The van der Waals surface area contributed by atoms with Gasteiger partial charge in [0, 0.05) is 36.0 Å². The molecule has 0 spiro atoms. The molecule has 1 N–H and O–H groups in total. The lowest BCUT2D eigenvalue weighted by Crippen LogP contribution is -2.36. The molecule has 1 atom stereocenters. The Morgan fingerprint density at radius 1 is 1.06 bits per heavy atom. The maximum absolute atomic E-state index is 13.5. The lowest BCUT2D eigenvalue weighted by Gasteiger charge is -2.22. The number of amides is 2. The normalized spacial score (nSPS) is 14.6. The number of ether oxygens (including phenoxy) is 3. The number of aromatic nitrogens is 2. The van der Waals surface area contributed by atoms with E-state index in [4.69, 9.17) is 32.7 Å². The van der Waals surface area contributed by atoms with E-state index in [1.807, 2.05) is 13.0 Å². The molecular formula is C36H32Cl2F2N4O9S. The Hall–Kier alpha value is -5.06. The third-order valence-corrected chi connectivity index (χ3v) is 10.6. The van der Waals surface area contributed by atoms with Crippen molar-refractivity contribution in [1.82, 2.24) is 9.88 Å². The molecule has 0 bridgehead atoms. The summed E-state index contributed by atoms with van der Waals surface area (Å²) in [5.41, 5.74) is 1.74. The second kappa shape index (κ2) is 16.1. The van der Waals surface area contributed by atoms with Crippen LogP contribution in [-0.4, -0.2) is 61.6 Å². The summed E-state index contributed by atoms with van der Waals surface area (Å²) in [4.78, 5) is 45.1. The van der Waals surface area contributed by atoms with Gasteiger partial charge >= 0.3 is 12.6 Å². The molecule has 3 heterocycles. The van der Waals surface area contributed by atoms with Gasteiger partial charge in [-0.2, -0.15) is 13.5 Å². The number of nitrogens with one attached hydrogen (secondary N) is 1. The molecule has 2 aliphatic rings. The standard InChI is InChI=1S/C36H32Cl2F2N4O9S/c1-20-3-2-11-41-29(20)10-12-54(49,50)42-23-7-8-24-25(14-23)35(47)44(34(24)46)18-33(45)52-31(15-26-27(37)16-43(48)17-28(26)38)22-6-9-30(53-36(39)40)32(13-22)51-19-21-4-5-21/h2-3,6-9,11,13-14,16-17,21,31,36,42H,4-5,10,12,15,18-19H2,1H3/t31-/m0/s1. The van der Waals surface area contributed by atoms with E-state index in [9.17, 15) is 36.8 Å². The summed E-state index contributed by atoms with van der Waals surface area (Å²) in [6, 6.07) is 11.3. The Morgan fingerprint density at radius 2 is 1.78 bits per heavy atom. The van der Waals surface area contributed by atoms with Crippen LogP contribution in [0.25, 0.3) is 0 Å². The van der Waals surface area contributed by atoms with Gasteiger partial charge in [-0.1, -0.05) is 35.3 Å². The number of halogens is 4. The van der Waals surface area contributed by atoms with Crippen molar-refractivity contribution in [3.05, 3.63) is 116 Å². The highest BCUT2D eigenvalue weighted by Crippen LogP contribution is 2.38. The molecule has 1 aliphatic heterocycles. The van der Waals surface area contributed by atoms with Crippen molar-refractivity contribution in [2.24, 2.45) is 5.92 Å². The van der Waals surface area contributed by atoms with E-state index < -0.39 is 47.1 Å². The highest BCUT2D eigenvalue weighted by Gasteiger charge is 2.38. The number of imide groups is 1. The van der Waals surface area contributed by atoms with Crippen molar-refractivity contribution in [2.75, 3.05) is 23.6 Å². The monoisotopic (exact) mass is 804 g/mol. The second-order valence-electron chi connectivity index (χ2n) is 12.7. The van der Waals surface area contributed by atoms with Crippen LogP contribution in [0.3, 0.4) is 0 Å². The van der Waals surface area contributed by atoms with Crippen molar-refractivity contribution < 1.29 is 50.5 Å². The Morgan fingerprint density at radius 3 is 2.46 bits per heavy atom. The molecule has 54 heavy (non-hydrogen) atoms. The number of fused-ring (bicyclic) bond motifs is 1. The average Bonchev–Trinajstić information content (AvgIpc) is 3.91. The number of esters is 1. The van der Waals surface area contributed by atoms with Crippen LogP contribution in [0.5, 0.6) is 11.5 Å². The SMILES string of the molecule is Cc1cccnc1CCS(=O)(=O)Nc1ccc2c(c1)C(=O)N(CC(=O)O[C@@H](Cc1c(Cl)c[n+]([O-])cc1Cl)c1ccc(OC(F)F)c(OCC3CC3)c1)C2=O. The Balaban J connectivity index is 1.20. The average molecular weight is 806 g/mol. The fraction of sp³-hybridized carbons (Fsp3) is 0.306. The summed E-state index contributed by atoms with van der Waals surface area (Å²) >= 11 is 12.6. The number of hydrogen-bond acceptors (Lipinski definition) is 10. The van der Waals surface area contributed by atoms with E-state index >= 15 is 0 Å². The predicted octanol–water partition coefficient (Wildman–Crippen LogP) is 5.83. The number of rotatable bonds is 16. The molecule has 284 valence electrons. The molecule has 1 saturated carbocycles. The van der Waals surface area contributed by atoms with E-state index in [-0.39, 0.29) is 80.6 Å². The van der Waals surface area contributed by atoms with Gasteiger partial charge in [0.25, 0.3) is 11.8 Å². The molecule has 1 aliphatic carbocycles. The van der Waals surface area contributed by atoms with Crippen molar-refractivity contribution in [2.45, 2.75) is 45.3 Å². The molecule has 13 nitrogen and oxygen atoms in total. The lowest BCUT2D eigenvalue weighted by atomic mass is 10.0. The van der Waals surface area contributed by atoms with Gasteiger partial charge < -0.3 is 19.4 Å². The summed E-state index contributed by atoms with van der Waals surface area (Å²) in [6.45, 7) is -1.94. The van der Waals surface area contributed by atoms with Crippen molar-refractivity contribution in [3.8, 4) is 11.5 Å². The van der Waals surface area contributed by atoms with Gasteiger partial charge in [0.1, 0.15) is 22.7 Å². The van der Waals surface area contributed by atoms with E-state index in [1.54, 1.807) is 12.3 Å². The minimum absolute atomic E-state index is 0.0344. The molecule has 2 amide bonds. The zero-order chi connectivity index (χ0) is 38.7. The number of sulfonamides is 1. The third-order valence-electron chi connectivity index (χ3n) is 8.70. The van der Waals surface area contributed by atoms with Crippen LogP contribution >= 0.6 is 23.2 Å². The fourth-order valence-corrected chi connectivity index (χ4v) is 7.38. The fourth-order valence-electron chi connectivity index (χ4n) is 5.73. The zero-order valence-electron chi connectivity index (χ0n) is 28.5. The van der Waals surface area contributed by atoms with Gasteiger partial charge in [-0.15, -0.1) is 0 Å². The number of aryl methyl sites for hydroxylation is 2. The van der Waals surface area contributed by atoms with E-state index in [2.05, 4.69) is 14.4 Å². The van der Waals surface area contributed by atoms with Gasteiger partial charge in [0.05, 0.1) is 23.5 Å². The third kappa shape index (κ3) is 9.35. The number of alkyl halides is 2. The first-order valence-electron chi connectivity index (χ1n) is 16.6. The minimum Gasteiger partial charge on any atom is -0.619 e. The summed E-state index contributed by atoms with van der Waals surface area (Å²) in [7, 11) is -3.89. The van der Waals surface area contributed by atoms with Crippen LogP contribution in [-0.2, 0) is 32.4 Å². The molecule has 18 heteroatoms. The maximum atomic E-state index is 13.5. The Bertz CT molecular complexity index is 2200. The van der Waals surface area contributed by atoms with Crippen molar-refractivity contribution in [3.63, 3.8) is 0 Å². The number of benzene rings is 2. The van der Waals surface area contributed by atoms with E-state index in [0.717, 1.165) is 30.8 Å². The summed E-state index contributed by atoms with van der Waals surface area (Å²) < 4.78 is 71.1. The molecule has 6 rings (SSSR count). The van der Waals surface area contributed by atoms with E-state index in [1.165, 1.54) is 36.4 Å². The highest BCUT2D eigenvalue weighted by molar-refractivity contribution is 7.92. The van der Waals surface area contributed by atoms with Crippen LogP contribution in [0.1, 0.15) is 62.0 Å². The predicted molar refractivity (Wildman–Crippen MR) is 191 cm³/mol. The maximum Gasteiger partial charge on any atom is 0.387 e. The van der Waals surface area contributed by atoms with Crippen LogP contribution in [0.2, 0.25) is 10.0 Å². The van der Waals surface area contributed by atoms with Gasteiger partial charge in [-0.25, -0.2) is 8.42 Å². The molecule has 4 aromatic rings. The van der Waals surface area contributed by atoms with Gasteiger partial charge in [0.15, 0.2) is 23.9 Å². The van der Waals surface area contributed by atoms with Gasteiger partial charge in [-0.05, 0) is 73.2 Å². The first-order chi connectivity index (χ1) is 25.7. The largest absolute Gasteiger partial charge is 0.619 e. The molecule has 0 saturated heterocycles. The van der Waals surface area contributed by atoms with Crippen molar-refractivity contribution in [1.29, 1.82) is 0 Å². The number of carbonyl (C=O) groups excluding carboxylic acids is 3. The number of anilines is 1. The van der Waals surface area contributed by atoms with Crippen LogP contribution in [0.15, 0.2) is 67.1 Å². The van der Waals surface area contributed by atoms with Gasteiger partial charge in [-0.3, -0.25) is 29.0 Å². The highest BCUT2D eigenvalue weighted by atomic mass is 35.5. The summed E-state index contributed by atoms with van der Waals surface area (Å²) in [5, 5.41) is 11.8. The van der Waals surface area contributed by atoms with Gasteiger partial charge in [0.2, 0.25) is 10.0 Å². The molecule has 2 aromatic heterocycles. The lowest BCUT2D eigenvalue weighted by molar-refractivity contribution is -0.605. The van der Waals surface area contributed by atoms with Crippen LogP contribution in [0, 0.1) is 18.0 Å². The topological polar surface area (TPSA) is 168 Å². The number of carbonyl (C=O) groups is 3. The number of hydrogen-bond donors (Lipinski definition) is 1. The molecule has 2 aromatic carbocycles. The summed E-state index contributed by atoms with van der Waals surface area (Å²) in [6.07, 6.45) is 4.16. The molecular weight excluding hydrogens is 773 g/mol. The Labute approximate surface area is 318 Å². The zero-order valence-corrected chi connectivity index (χ0v) is 30.8. The quantitative estimate of drug-likeness (QED) is 0.0630. The summed E-state index contributed by atoms with van der Waals surface area (Å²) in [5.74, 6) is -3.06. The van der Waals surface area contributed by atoms with Crippen LogP contribution < -0.4 is 18.9 Å². The Kier molecular flexibility index (Phi) is 11.5. The smallest absolute Gasteiger partial charge is 0.387 e. The molecule has 0 radical (unpaired) electrons. The second-order valence-corrected chi connectivity index (χ2v) is 15.4. The van der Waals surface area contributed by atoms with Crippen LogP contribution in [0.4, 0.5) is 14.5 Å². The minimum atomic E-state index is -3.89.